The summed E-state index contributed by atoms with van der Waals surface area (Å²) >= 11 is 0. The van der Waals surface area contributed by atoms with Gasteiger partial charge < -0.3 is 5.02 Å². The molecule has 0 fully saturated rings. The summed E-state index contributed by atoms with van der Waals surface area (Å²) in [4.78, 5) is 0. The molecule has 1 aliphatic carbocycles. The third-order valence-electron chi connectivity index (χ3n) is 3.83. The molecule has 17 heavy (non-hydrogen) atoms. The van der Waals surface area contributed by atoms with E-state index < -0.39 is 0 Å². The van der Waals surface area contributed by atoms with E-state index in [9.17, 15) is 5.02 Å². The van der Waals surface area contributed by atoms with E-state index in [-0.39, 0.29) is 12.9 Å². The number of rotatable bonds is 1. The summed E-state index contributed by atoms with van der Waals surface area (Å²) in [6.45, 7) is 4.50. The minimum atomic E-state index is 0.0388. The van der Waals surface area contributed by atoms with Crippen molar-refractivity contribution >= 4 is 12.9 Å². The van der Waals surface area contributed by atoms with Crippen molar-refractivity contribution in [3.63, 3.8) is 0 Å². The normalized spacial score (nSPS) is 15.2. The van der Waals surface area contributed by atoms with Crippen LogP contribution in [0.2, 0.25) is 0 Å². The summed E-state index contributed by atoms with van der Waals surface area (Å²) in [6, 6.07) is 14.8. The van der Waals surface area contributed by atoms with Gasteiger partial charge in [0.1, 0.15) is 0 Å². The van der Waals surface area contributed by atoms with Gasteiger partial charge in [-0.1, -0.05) is 61.8 Å². The van der Waals surface area contributed by atoms with Crippen molar-refractivity contribution in [2.24, 2.45) is 0 Å². The molecule has 2 heteroatoms. The zero-order valence-electron chi connectivity index (χ0n) is 10.2. The third-order valence-corrected chi connectivity index (χ3v) is 3.83. The van der Waals surface area contributed by atoms with Gasteiger partial charge in [-0.15, -0.1) is 0 Å². The summed E-state index contributed by atoms with van der Waals surface area (Å²) in [5.41, 5.74) is 6.37. The molecule has 0 saturated heterocycles. The molecule has 84 valence electrons. The molecular formula is C15H15BO. The Balaban J connectivity index is 2.32. The van der Waals surface area contributed by atoms with E-state index in [0.717, 1.165) is 5.46 Å². The van der Waals surface area contributed by atoms with Crippen LogP contribution in [0.25, 0.3) is 11.1 Å². The lowest BCUT2D eigenvalue weighted by molar-refractivity contribution is 0.615. The second kappa shape index (κ2) is 3.48. The quantitative estimate of drug-likeness (QED) is 0.731. The lowest BCUT2D eigenvalue weighted by atomic mass is 9.79. The van der Waals surface area contributed by atoms with Crippen molar-refractivity contribution in [2.45, 2.75) is 19.3 Å². The van der Waals surface area contributed by atoms with Gasteiger partial charge in [0.15, 0.2) is 0 Å². The van der Waals surface area contributed by atoms with Crippen LogP contribution in [0.3, 0.4) is 0 Å². The molecule has 1 aliphatic rings. The smallest absolute Gasteiger partial charge is 0.304 e. The topological polar surface area (TPSA) is 20.2 Å². The summed E-state index contributed by atoms with van der Waals surface area (Å²) in [6.07, 6.45) is 0. The lowest BCUT2D eigenvalue weighted by Crippen LogP contribution is -2.20. The van der Waals surface area contributed by atoms with Gasteiger partial charge in [-0.05, 0) is 22.3 Å². The monoisotopic (exact) mass is 222 g/mol. The van der Waals surface area contributed by atoms with Crippen LogP contribution in [-0.4, -0.2) is 12.5 Å². The van der Waals surface area contributed by atoms with Crippen molar-refractivity contribution in [3.8, 4) is 11.1 Å². The molecule has 1 N–H and O–H groups in total. The zero-order chi connectivity index (χ0) is 12.0. The van der Waals surface area contributed by atoms with Crippen LogP contribution in [0.5, 0.6) is 0 Å². The van der Waals surface area contributed by atoms with E-state index in [1.165, 1.54) is 22.3 Å². The summed E-state index contributed by atoms with van der Waals surface area (Å²) in [5.74, 6) is 0. The van der Waals surface area contributed by atoms with Crippen molar-refractivity contribution in [2.75, 3.05) is 0 Å². The van der Waals surface area contributed by atoms with Gasteiger partial charge in [-0.2, -0.15) is 0 Å². The molecular weight excluding hydrogens is 207 g/mol. The van der Waals surface area contributed by atoms with Gasteiger partial charge in [-0.3, -0.25) is 0 Å². The highest BCUT2D eigenvalue weighted by Gasteiger charge is 2.34. The Labute approximate surface area is 102 Å². The number of hydrogen-bond donors (Lipinski definition) is 1. The fraction of sp³-hybridized carbons (Fsp3) is 0.200. The van der Waals surface area contributed by atoms with Crippen LogP contribution in [0.1, 0.15) is 25.0 Å². The standard InChI is InChI=1S/C15H15BO/c1-15(2)13-6-4-3-5-11(13)12-8-7-10(16-17)9-14(12)15/h3-9,16-17H,1-2H3. The van der Waals surface area contributed by atoms with Gasteiger partial charge in [0.2, 0.25) is 0 Å². The molecule has 0 aromatic heterocycles. The van der Waals surface area contributed by atoms with Crippen molar-refractivity contribution in [1.29, 1.82) is 0 Å². The summed E-state index contributed by atoms with van der Waals surface area (Å²) < 4.78 is 0. The average Bonchev–Trinajstić information content (AvgIpc) is 2.59. The number of hydrogen-bond acceptors (Lipinski definition) is 1. The Morgan fingerprint density at radius 3 is 2.41 bits per heavy atom. The highest BCUT2D eigenvalue weighted by Crippen LogP contribution is 2.47. The van der Waals surface area contributed by atoms with Gasteiger partial charge >= 0.3 is 7.48 Å². The predicted molar refractivity (Wildman–Crippen MR) is 73.0 cm³/mol. The largest absolute Gasteiger partial charge is 0.449 e. The second-order valence-electron chi connectivity index (χ2n) is 5.21. The Hall–Kier alpha value is -1.54. The molecule has 0 aliphatic heterocycles. The van der Waals surface area contributed by atoms with E-state index in [0.29, 0.717) is 0 Å². The van der Waals surface area contributed by atoms with Crippen molar-refractivity contribution in [1.82, 2.24) is 0 Å². The molecule has 3 rings (SSSR count). The SMILES string of the molecule is CC1(C)c2ccccc2-c2ccc(BO)cc21. The fourth-order valence-electron chi connectivity index (χ4n) is 2.85. The van der Waals surface area contributed by atoms with E-state index >= 15 is 0 Å². The van der Waals surface area contributed by atoms with Crippen LogP contribution < -0.4 is 5.46 Å². The Kier molecular flexibility index (Phi) is 2.17. The van der Waals surface area contributed by atoms with Crippen LogP contribution in [0, 0.1) is 0 Å². The Bertz CT molecular complexity index is 587. The van der Waals surface area contributed by atoms with Gasteiger partial charge in [0.05, 0.1) is 0 Å². The highest BCUT2D eigenvalue weighted by molar-refractivity contribution is 6.45. The molecule has 0 atom stereocenters. The first kappa shape index (κ1) is 10.6. The van der Waals surface area contributed by atoms with Crippen LogP contribution in [0.15, 0.2) is 42.5 Å². The summed E-state index contributed by atoms with van der Waals surface area (Å²) in [7, 11) is 0.111. The Morgan fingerprint density at radius 2 is 1.65 bits per heavy atom. The minimum absolute atomic E-state index is 0.0388. The first-order valence-electron chi connectivity index (χ1n) is 5.99. The lowest BCUT2D eigenvalue weighted by Gasteiger charge is -2.21. The van der Waals surface area contributed by atoms with Crippen LogP contribution in [-0.2, 0) is 5.41 Å². The molecule has 0 unspecified atom stereocenters. The van der Waals surface area contributed by atoms with E-state index in [1.54, 1.807) is 0 Å². The molecule has 2 aromatic rings. The van der Waals surface area contributed by atoms with Crippen LogP contribution in [0.4, 0.5) is 0 Å². The highest BCUT2D eigenvalue weighted by atomic mass is 16.2. The van der Waals surface area contributed by atoms with Crippen LogP contribution >= 0.6 is 0 Å². The molecule has 0 radical (unpaired) electrons. The Morgan fingerprint density at radius 1 is 0.941 bits per heavy atom. The van der Waals surface area contributed by atoms with Gasteiger partial charge in [0, 0.05) is 5.41 Å². The fourth-order valence-corrected chi connectivity index (χ4v) is 2.85. The maximum absolute atomic E-state index is 9.26. The predicted octanol–water partition coefficient (Wildman–Crippen LogP) is 1.96. The molecule has 0 saturated carbocycles. The van der Waals surface area contributed by atoms with Gasteiger partial charge in [0.25, 0.3) is 0 Å². The molecule has 0 bridgehead atoms. The first-order valence-corrected chi connectivity index (χ1v) is 5.99. The van der Waals surface area contributed by atoms with E-state index in [2.05, 4.69) is 50.2 Å². The second-order valence-corrected chi connectivity index (χ2v) is 5.21. The van der Waals surface area contributed by atoms with E-state index in [4.69, 9.17) is 0 Å². The molecule has 0 amide bonds. The first-order chi connectivity index (χ1) is 8.14. The van der Waals surface area contributed by atoms with Crippen molar-refractivity contribution < 1.29 is 5.02 Å². The minimum Gasteiger partial charge on any atom is -0.449 e. The third kappa shape index (κ3) is 1.37. The molecule has 0 heterocycles. The summed E-state index contributed by atoms with van der Waals surface area (Å²) in [5, 5.41) is 9.26. The molecule has 0 spiro atoms. The van der Waals surface area contributed by atoms with Crippen molar-refractivity contribution in [3.05, 3.63) is 53.6 Å². The number of fused-ring (bicyclic) bond motifs is 3. The zero-order valence-corrected chi connectivity index (χ0v) is 10.2. The average molecular weight is 222 g/mol. The molecule has 1 nitrogen and oxygen atoms in total. The van der Waals surface area contributed by atoms with Gasteiger partial charge in [-0.25, -0.2) is 0 Å². The maximum atomic E-state index is 9.26. The van der Waals surface area contributed by atoms with E-state index in [1.807, 2.05) is 6.07 Å². The number of benzene rings is 2. The maximum Gasteiger partial charge on any atom is 0.304 e. The molecule has 2 aromatic carbocycles.